The van der Waals surface area contributed by atoms with Gasteiger partial charge in [0, 0.05) is 19.3 Å². The summed E-state index contributed by atoms with van der Waals surface area (Å²) in [4.78, 5) is 37.5. The first-order chi connectivity index (χ1) is 24.0. The zero-order valence-electron chi connectivity index (χ0n) is 32.7. The summed E-state index contributed by atoms with van der Waals surface area (Å²) in [6, 6.07) is 0. The Hall–Kier alpha value is -1.85. The van der Waals surface area contributed by atoms with Crippen molar-refractivity contribution in [2.45, 2.75) is 232 Å². The van der Waals surface area contributed by atoms with Crippen molar-refractivity contribution in [3.05, 3.63) is 12.2 Å². The molecule has 6 nitrogen and oxygen atoms in total. The van der Waals surface area contributed by atoms with E-state index in [1.54, 1.807) is 0 Å². The Labute approximate surface area is 303 Å². The minimum Gasteiger partial charge on any atom is -0.462 e. The van der Waals surface area contributed by atoms with Crippen LogP contribution < -0.4 is 0 Å². The number of ether oxygens (including phenoxy) is 3. The SMILES string of the molecule is CCCCCC/C=C\CCCC(=O)OCC(COC(=O)CCCCCCCCCCCCCC)OC(=O)CCCCCCCCCCCC. The third kappa shape index (κ3) is 37.2. The molecule has 0 N–H and O–H groups in total. The van der Waals surface area contributed by atoms with Gasteiger partial charge in [0.2, 0.25) is 0 Å². The number of carbonyl (C=O) groups is 3. The standard InChI is InChI=1S/C43H80O6/c1-4-7-10-13-16-19-21-22-25-27-30-33-36-42(45)48-39-40(38-47-41(44)35-32-29-26-23-18-15-12-9-6-3)49-43(46)37-34-31-28-24-20-17-14-11-8-5-2/h23,26,40H,4-22,24-25,27-39H2,1-3H3/b26-23-. The summed E-state index contributed by atoms with van der Waals surface area (Å²) in [5, 5.41) is 0. The zero-order valence-corrected chi connectivity index (χ0v) is 32.7. The van der Waals surface area contributed by atoms with Gasteiger partial charge in [0.25, 0.3) is 0 Å². The molecule has 0 rings (SSSR count). The van der Waals surface area contributed by atoms with Gasteiger partial charge in [0.05, 0.1) is 0 Å². The van der Waals surface area contributed by atoms with Gasteiger partial charge in [-0.05, 0) is 38.5 Å². The van der Waals surface area contributed by atoms with Crippen LogP contribution in [0.25, 0.3) is 0 Å². The topological polar surface area (TPSA) is 78.9 Å². The molecule has 0 aromatic rings. The van der Waals surface area contributed by atoms with Crippen LogP contribution >= 0.6 is 0 Å². The van der Waals surface area contributed by atoms with Crippen molar-refractivity contribution in [3.63, 3.8) is 0 Å². The maximum Gasteiger partial charge on any atom is 0.306 e. The molecular formula is C43H80O6. The van der Waals surface area contributed by atoms with Crippen molar-refractivity contribution >= 4 is 17.9 Å². The molecule has 1 atom stereocenters. The van der Waals surface area contributed by atoms with Crippen molar-refractivity contribution < 1.29 is 28.6 Å². The quantitative estimate of drug-likeness (QED) is 0.0277. The lowest BCUT2D eigenvalue weighted by Crippen LogP contribution is -2.30. The number of unbranched alkanes of at least 4 members (excludes halogenated alkanes) is 25. The molecule has 0 heterocycles. The van der Waals surface area contributed by atoms with Crippen LogP contribution in [-0.2, 0) is 28.6 Å². The van der Waals surface area contributed by atoms with Crippen LogP contribution in [0.2, 0.25) is 0 Å². The molecule has 0 aromatic carbocycles. The zero-order chi connectivity index (χ0) is 35.9. The van der Waals surface area contributed by atoms with Crippen molar-refractivity contribution in [3.8, 4) is 0 Å². The van der Waals surface area contributed by atoms with Crippen LogP contribution in [0.15, 0.2) is 12.2 Å². The Bertz CT molecular complexity index is 763. The highest BCUT2D eigenvalue weighted by Gasteiger charge is 2.19. The highest BCUT2D eigenvalue weighted by Crippen LogP contribution is 2.14. The van der Waals surface area contributed by atoms with Gasteiger partial charge in [-0.25, -0.2) is 0 Å². The Kier molecular flexibility index (Phi) is 37.5. The monoisotopic (exact) mass is 693 g/mol. The lowest BCUT2D eigenvalue weighted by atomic mass is 10.0. The number of hydrogen-bond donors (Lipinski definition) is 0. The highest BCUT2D eigenvalue weighted by atomic mass is 16.6. The number of hydrogen-bond acceptors (Lipinski definition) is 6. The van der Waals surface area contributed by atoms with Crippen molar-refractivity contribution in [2.75, 3.05) is 13.2 Å². The molecule has 1 unspecified atom stereocenters. The molecule has 0 radical (unpaired) electrons. The fraction of sp³-hybridized carbons (Fsp3) is 0.884. The van der Waals surface area contributed by atoms with E-state index in [4.69, 9.17) is 14.2 Å². The van der Waals surface area contributed by atoms with E-state index in [2.05, 4.69) is 32.9 Å². The van der Waals surface area contributed by atoms with Gasteiger partial charge in [0.1, 0.15) is 13.2 Å². The van der Waals surface area contributed by atoms with E-state index in [1.807, 2.05) is 0 Å². The molecule has 0 aromatic heterocycles. The highest BCUT2D eigenvalue weighted by molar-refractivity contribution is 5.71. The molecule has 6 heteroatoms. The second-order valence-electron chi connectivity index (χ2n) is 14.3. The van der Waals surface area contributed by atoms with Gasteiger partial charge in [-0.1, -0.05) is 181 Å². The first-order valence-corrected chi connectivity index (χ1v) is 21.2. The molecule has 0 amide bonds. The summed E-state index contributed by atoms with van der Waals surface area (Å²) in [6.07, 6.45) is 39.1. The van der Waals surface area contributed by atoms with Gasteiger partial charge in [0.15, 0.2) is 6.10 Å². The summed E-state index contributed by atoms with van der Waals surface area (Å²) in [7, 11) is 0. The molecular weight excluding hydrogens is 612 g/mol. The van der Waals surface area contributed by atoms with E-state index >= 15 is 0 Å². The Morgan fingerprint density at radius 2 is 0.694 bits per heavy atom. The van der Waals surface area contributed by atoms with Gasteiger partial charge in [-0.3, -0.25) is 14.4 Å². The largest absolute Gasteiger partial charge is 0.462 e. The van der Waals surface area contributed by atoms with Gasteiger partial charge in [-0.2, -0.15) is 0 Å². The van der Waals surface area contributed by atoms with E-state index in [9.17, 15) is 14.4 Å². The average Bonchev–Trinajstić information content (AvgIpc) is 3.10. The van der Waals surface area contributed by atoms with Crippen LogP contribution in [0.4, 0.5) is 0 Å². The number of allylic oxidation sites excluding steroid dienone is 2. The molecule has 0 bridgehead atoms. The Morgan fingerprint density at radius 1 is 0.388 bits per heavy atom. The van der Waals surface area contributed by atoms with Crippen molar-refractivity contribution in [1.82, 2.24) is 0 Å². The number of esters is 3. The van der Waals surface area contributed by atoms with Gasteiger partial charge >= 0.3 is 17.9 Å². The summed E-state index contributed by atoms with van der Waals surface area (Å²) >= 11 is 0. The molecule has 0 aliphatic carbocycles. The molecule has 49 heavy (non-hydrogen) atoms. The molecule has 0 saturated heterocycles. The molecule has 288 valence electrons. The molecule has 0 aliphatic heterocycles. The fourth-order valence-corrected chi connectivity index (χ4v) is 6.03. The summed E-state index contributed by atoms with van der Waals surface area (Å²) < 4.78 is 16.6. The molecule has 0 saturated carbocycles. The predicted molar refractivity (Wildman–Crippen MR) is 206 cm³/mol. The van der Waals surface area contributed by atoms with Crippen molar-refractivity contribution in [2.24, 2.45) is 0 Å². The van der Waals surface area contributed by atoms with Crippen LogP contribution in [0.1, 0.15) is 226 Å². The van der Waals surface area contributed by atoms with E-state index in [1.165, 1.54) is 128 Å². The average molecular weight is 693 g/mol. The third-order valence-electron chi connectivity index (χ3n) is 9.27. The van der Waals surface area contributed by atoms with E-state index in [-0.39, 0.29) is 31.1 Å². The van der Waals surface area contributed by atoms with Crippen LogP contribution in [-0.4, -0.2) is 37.2 Å². The first kappa shape index (κ1) is 47.1. The predicted octanol–water partition coefficient (Wildman–Crippen LogP) is 13.1. The molecule has 0 fully saturated rings. The maximum atomic E-state index is 12.6. The summed E-state index contributed by atoms with van der Waals surface area (Å²) in [5.74, 6) is -0.910. The van der Waals surface area contributed by atoms with E-state index < -0.39 is 6.10 Å². The number of carbonyl (C=O) groups excluding carboxylic acids is 3. The number of rotatable bonds is 38. The van der Waals surface area contributed by atoms with Crippen LogP contribution in [0, 0.1) is 0 Å². The molecule has 0 spiro atoms. The Morgan fingerprint density at radius 3 is 1.10 bits per heavy atom. The lowest BCUT2D eigenvalue weighted by Gasteiger charge is -2.18. The summed E-state index contributed by atoms with van der Waals surface area (Å²) in [5.41, 5.74) is 0. The minimum atomic E-state index is -0.770. The van der Waals surface area contributed by atoms with Gasteiger partial charge < -0.3 is 14.2 Å². The van der Waals surface area contributed by atoms with E-state index in [0.29, 0.717) is 19.3 Å². The Balaban J connectivity index is 4.36. The summed E-state index contributed by atoms with van der Waals surface area (Å²) in [6.45, 7) is 6.56. The normalized spacial score (nSPS) is 12.0. The fourth-order valence-electron chi connectivity index (χ4n) is 6.03. The minimum absolute atomic E-state index is 0.0745. The molecule has 0 aliphatic rings. The second kappa shape index (κ2) is 38.9. The van der Waals surface area contributed by atoms with Gasteiger partial charge in [-0.15, -0.1) is 0 Å². The van der Waals surface area contributed by atoms with Crippen LogP contribution in [0.5, 0.6) is 0 Å². The van der Waals surface area contributed by atoms with E-state index in [0.717, 1.165) is 57.8 Å². The lowest BCUT2D eigenvalue weighted by molar-refractivity contribution is -0.167. The maximum absolute atomic E-state index is 12.6. The smallest absolute Gasteiger partial charge is 0.306 e. The van der Waals surface area contributed by atoms with Crippen LogP contribution in [0.3, 0.4) is 0 Å². The van der Waals surface area contributed by atoms with Crippen molar-refractivity contribution in [1.29, 1.82) is 0 Å². The second-order valence-corrected chi connectivity index (χ2v) is 14.3. The third-order valence-corrected chi connectivity index (χ3v) is 9.27. The first-order valence-electron chi connectivity index (χ1n) is 21.2.